The fourth-order valence-corrected chi connectivity index (χ4v) is 3.87. The molecular formula is C23H26N4O3. The molecule has 1 saturated heterocycles. The van der Waals surface area contributed by atoms with Crippen LogP contribution in [0.5, 0.6) is 5.75 Å². The number of benzene rings is 2. The van der Waals surface area contributed by atoms with E-state index in [0.29, 0.717) is 38.2 Å². The Hall–Kier alpha value is -3.19. The number of amides is 2. The maximum Gasteiger partial charge on any atom is 0.272 e. The van der Waals surface area contributed by atoms with Crippen molar-refractivity contribution in [1.29, 1.82) is 0 Å². The minimum absolute atomic E-state index is 0.0598. The summed E-state index contributed by atoms with van der Waals surface area (Å²) < 4.78 is 5.13. The summed E-state index contributed by atoms with van der Waals surface area (Å²) in [6, 6.07) is 15.1. The molecule has 0 radical (unpaired) electrons. The van der Waals surface area contributed by atoms with E-state index in [9.17, 15) is 9.59 Å². The van der Waals surface area contributed by atoms with Crippen LogP contribution in [0.25, 0.3) is 0 Å². The molecule has 2 aliphatic heterocycles. The molecule has 0 aromatic heterocycles. The third-order valence-corrected chi connectivity index (χ3v) is 5.64. The zero-order chi connectivity index (χ0) is 21.1. The first-order chi connectivity index (χ1) is 14.5. The maximum atomic E-state index is 12.5. The number of methoxy groups -OCH3 is 1. The monoisotopic (exact) mass is 406 g/mol. The van der Waals surface area contributed by atoms with Crippen molar-refractivity contribution in [3.63, 3.8) is 0 Å². The number of nitrogens with zero attached hydrogens (tertiary/aromatic N) is 2. The number of piperidine rings is 1. The lowest BCUT2D eigenvalue weighted by Gasteiger charge is -2.36. The van der Waals surface area contributed by atoms with Gasteiger partial charge >= 0.3 is 0 Å². The third kappa shape index (κ3) is 4.36. The minimum Gasteiger partial charge on any atom is -0.497 e. The highest BCUT2D eigenvalue weighted by Crippen LogP contribution is 2.29. The van der Waals surface area contributed by atoms with Crippen molar-refractivity contribution >= 4 is 23.2 Å². The maximum absolute atomic E-state index is 12.5. The first-order valence-electron chi connectivity index (χ1n) is 10.1. The van der Waals surface area contributed by atoms with Crippen LogP contribution in [0.2, 0.25) is 0 Å². The number of hydrogen-bond donors (Lipinski definition) is 2. The molecule has 0 saturated carbocycles. The first-order valence-corrected chi connectivity index (χ1v) is 10.1. The van der Waals surface area contributed by atoms with E-state index < -0.39 is 5.66 Å². The molecule has 156 valence electrons. The highest BCUT2D eigenvalue weighted by Gasteiger charge is 2.42. The van der Waals surface area contributed by atoms with Gasteiger partial charge < -0.3 is 15.4 Å². The van der Waals surface area contributed by atoms with Crippen LogP contribution >= 0.6 is 0 Å². The van der Waals surface area contributed by atoms with Crippen molar-refractivity contribution in [2.45, 2.75) is 25.4 Å². The topological polar surface area (TPSA) is 83.0 Å². The van der Waals surface area contributed by atoms with E-state index in [4.69, 9.17) is 9.73 Å². The van der Waals surface area contributed by atoms with Gasteiger partial charge in [0.1, 0.15) is 17.1 Å². The molecule has 7 nitrogen and oxygen atoms in total. The van der Waals surface area contributed by atoms with Gasteiger partial charge in [0.05, 0.1) is 13.7 Å². The number of nitrogens with one attached hydrogen (secondary N) is 2. The second-order valence-corrected chi connectivity index (χ2v) is 7.86. The molecule has 0 unspecified atom stereocenters. The number of carbonyl (C=O) groups is 2. The normalized spacial score (nSPS) is 18.1. The number of aliphatic imine (C=N–C) groups is 1. The average molecular weight is 406 g/mol. The van der Waals surface area contributed by atoms with Crippen LogP contribution in [0.1, 0.15) is 24.0 Å². The molecule has 1 fully saturated rings. The van der Waals surface area contributed by atoms with Crippen molar-refractivity contribution in [3.8, 4) is 5.75 Å². The van der Waals surface area contributed by atoms with E-state index in [1.54, 1.807) is 7.11 Å². The molecule has 30 heavy (non-hydrogen) atoms. The highest BCUT2D eigenvalue weighted by atomic mass is 16.5. The van der Waals surface area contributed by atoms with Crippen molar-refractivity contribution in [1.82, 2.24) is 10.2 Å². The zero-order valence-electron chi connectivity index (χ0n) is 17.3. The van der Waals surface area contributed by atoms with Gasteiger partial charge in [-0.25, -0.2) is 0 Å². The van der Waals surface area contributed by atoms with Gasteiger partial charge in [0, 0.05) is 37.2 Å². The van der Waals surface area contributed by atoms with E-state index in [2.05, 4.69) is 15.5 Å². The molecule has 2 amide bonds. The predicted octanol–water partition coefficient (Wildman–Crippen LogP) is 2.35. The molecular weight excluding hydrogens is 380 g/mol. The number of hydrogen-bond acceptors (Lipinski definition) is 5. The standard InChI is InChI=1S/C23H26N4O3/c1-16-3-5-17(6-4-16)21-22(29)26-23(25-21)11-13-27(14-12-23)15-20(28)24-18-7-9-19(30-2)10-8-18/h3-10H,11-15H2,1-2H3,(H,24,28)(H,26,29). The van der Waals surface area contributed by atoms with Crippen LogP contribution in [0.4, 0.5) is 5.69 Å². The Morgan fingerprint density at radius 1 is 1.13 bits per heavy atom. The summed E-state index contributed by atoms with van der Waals surface area (Å²) in [5.41, 5.74) is 2.68. The number of anilines is 1. The molecule has 2 heterocycles. The van der Waals surface area contributed by atoms with Gasteiger partial charge in [-0.1, -0.05) is 29.8 Å². The molecule has 2 aliphatic rings. The largest absolute Gasteiger partial charge is 0.497 e. The summed E-state index contributed by atoms with van der Waals surface area (Å²) >= 11 is 0. The van der Waals surface area contributed by atoms with Gasteiger partial charge in [-0.3, -0.25) is 19.5 Å². The molecule has 1 spiro atoms. The molecule has 0 bridgehead atoms. The smallest absolute Gasteiger partial charge is 0.272 e. The van der Waals surface area contributed by atoms with E-state index in [1.165, 1.54) is 0 Å². The van der Waals surface area contributed by atoms with Gasteiger partial charge in [-0.15, -0.1) is 0 Å². The quantitative estimate of drug-likeness (QED) is 0.799. The van der Waals surface area contributed by atoms with E-state index in [1.807, 2.05) is 55.5 Å². The van der Waals surface area contributed by atoms with E-state index in [-0.39, 0.29) is 11.8 Å². The Morgan fingerprint density at radius 3 is 2.43 bits per heavy atom. The second-order valence-electron chi connectivity index (χ2n) is 7.86. The summed E-state index contributed by atoms with van der Waals surface area (Å²) in [4.78, 5) is 31.8. The van der Waals surface area contributed by atoms with Gasteiger partial charge in [0.15, 0.2) is 0 Å². The van der Waals surface area contributed by atoms with Crippen LogP contribution in [-0.2, 0) is 9.59 Å². The van der Waals surface area contributed by atoms with Crippen LogP contribution < -0.4 is 15.4 Å². The van der Waals surface area contributed by atoms with Gasteiger partial charge in [-0.2, -0.15) is 0 Å². The van der Waals surface area contributed by atoms with Gasteiger partial charge in [-0.05, 0) is 31.2 Å². The predicted molar refractivity (Wildman–Crippen MR) is 116 cm³/mol. The summed E-state index contributed by atoms with van der Waals surface area (Å²) in [7, 11) is 1.61. The highest BCUT2D eigenvalue weighted by molar-refractivity contribution is 6.46. The lowest BCUT2D eigenvalue weighted by molar-refractivity contribution is -0.119. The number of likely N-dealkylation sites (tertiary alicyclic amines) is 1. The Morgan fingerprint density at radius 2 is 1.80 bits per heavy atom. The minimum atomic E-state index is -0.555. The molecule has 0 atom stereocenters. The second kappa shape index (κ2) is 8.28. The van der Waals surface area contributed by atoms with Crippen LogP contribution in [0, 0.1) is 6.92 Å². The van der Waals surface area contributed by atoms with E-state index >= 15 is 0 Å². The van der Waals surface area contributed by atoms with Crippen LogP contribution in [0.15, 0.2) is 53.5 Å². The van der Waals surface area contributed by atoms with E-state index in [0.717, 1.165) is 22.6 Å². The zero-order valence-corrected chi connectivity index (χ0v) is 17.3. The fourth-order valence-electron chi connectivity index (χ4n) is 3.87. The Bertz CT molecular complexity index is 959. The van der Waals surface area contributed by atoms with Gasteiger partial charge in [0.2, 0.25) is 5.91 Å². The Labute approximate surface area is 176 Å². The third-order valence-electron chi connectivity index (χ3n) is 5.64. The van der Waals surface area contributed by atoms with Crippen molar-refractivity contribution in [2.75, 3.05) is 32.1 Å². The van der Waals surface area contributed by atoms with Gasteiger partial charge in [0.25, 0.3) is 5.91 Å². The number of aryl methyl sites for hydroxylation is 1. The number of carbonyl (C=O) groups excluding carboxylic acids is 2. The summed E-state index contributed by atoms with van der Waals surface area (Å²) in [5.74, 6) is 0.568. The Balaban J connectivity index is 1.33. The molecule has 2 aromatic rings. The Kier molecular flexibility index (Phi) is 5.55. The summed E-state index contributed by atoms with van der Waals surface area (Å²) in [5, 5.41) is 5.98. The van der Waals surface area contributed by atoms with Crippen molar-refractivity contribution in [3.05, 3.63) is 59.7 Å². The molecule has 2 aromatic carbocycles. The van der Waals surface area contributed by atoms with Crippen molar-refractivity contribution < 1.29 is 14.3 Å². The van der Waals surface area contributed by atoms with Crippen molar-refractivity contribution in [2.24, 2.45) is 4.99 Å². The lowest BCUT2D eigenvalue weighted by Crippen LogP contribution is -2.52. The fraction of sp³-hybridized carbons (Fsp3) is 0.348. The summed E-state index contributed by atoms with van der Waals surface area (Å²) in [6.07, 6.45) is 1.37. The molecule has 2 N–H and O–H groups in total. The summed E-state index contributed by atoms with van der Waals surface area (Å²) in [6.45, 7) is 3.72. The molecule has 7 heteroatoms. The molecule has 4 rings (SSSR count). The lowest BCUT2D eigenvalue weighted by atomic mass is 9.98. The number of ether oxygens (including phenoxy) is 1. The number of rotatable bonds is 5. The average Bonchev–Trinajstić information content (AvgIpc) is 3.07. The molecule has 0 aliphatic carbocycles. The first kappa shape index (κ1) is 20.1. The SMILES string of the molecule is COc1ccc(NC(=O)CN2CCC3(CC2)N=C(c2ccc(C)cc2)C(=O)N3)cc1. The van der Waals surface area contributed by atoms with Crippen LogP contribution in [0.3, 0.4) is 0 Å². The van der Waals surface area contributed by atoms with Crippen LogP contribution in [-0.4, -0.2) is 54.8 Å².